The van der Waals surface area contributed by atoms with Gasteiger partial charge in [-0.1, -0.05) is 23.5 Å². The fraction of sp³-hybridized carbons (Fsp3) is 0.0909. The minimum atomic E-state index is -0.257. The molecular formula is C11H7BrFN3S. The van der Waals surface area contributed by atoms with Gasteiger partial charge >= 0.3 is 0 Å². The van der Waals surface area contributed by atoms with Crippen LogP contribution in [0.25, 0.3) is 16.2 Å². The minimum Gasteiger partial charge on any atom is -0.217 e. The Labute approximate surface area is 109 Å². The summed E-state index contributed by atoms with van der Waals surface area (Å²) in [7, 11) is 0. The highest BCUT2D eigenvalue weighted by atomic mass is 79.9. The summed E-state index contributed by atoms with van der Waals surface area (Å²) in [6.07, 6.45) is 0. The van der Waals surface area contributed by atoms with Gasteiger partial charge in [0.2, 0.25) is 4.96 Å². The maximum absolute atomic E-state index is 13.2. The number of hydrogen-bond acceptors (Lipinski definition) is 3. The van der Waals surface area contributed by atoms with Crippen molar-refractivity contribution in [1.82, 2.24) is 14.6 Å². The van der Waals surface area contributed by atoms with E-state index in [0.29, 0.717) is 0 Å². The number of imidazole rings is 1. The Bertz CT molecular complexity index is 704. The van der Waals surface area contributed by atoms with Crippen LogP contribution in [-0.2, 0) is 0 Å². The lowest BCUT2D eigenvalue weighted by Gasteiger charge is -1.98. The third-order valence-corrected chi connectivity index (χ3v) is 3.84. The zero-order chi connectivity index (χ0) is 12.0. The van der Waals surface area contributed by atoms with Crippen LogP contribution in [-0.4, -0.2) is 14.6 Å². The normalized spacial score (nSPS) is 11.2. The molecule has 0 saturated carbocycles. The van der Waals surface area contributed by atoms with Gasteiger partial charge < -0.3 is 0 Å². The maximum atomic E-state index is 13.2. The molecule has 0 radical (unpaired) electrons. The number of halogens is 2. The second kappa shape index (κ2) is 3.89. The summed E-state index contributed by atoms with van der Waals surface area (Å²) in [5.41, 5.74) is 2.46. The Hall–Kier alpha value is -1.27. The summed E-state index contributed by atoms with van der Waals surface area (Å²) in [5, 5.41) is 4.28. The number of nitrogens with zero attached hydrogens (tertiary/aromatic N) is 3. The molecule has 3 aromatic rings. The number of aryl methyl sites for hydroxylation is 1. The third-order valence-electron chi connectivity index (χ3n) is 2.50. The van der Waals surface area contributed by atoms with Crippen molar-refractivity contribution in [3.63, 3.8) is 0 Å². The molecule has 3 nitrogen and oxygen atoms in total. The van der Waals surface area contributed by atoms with Gasteiger partial charge in [-0.05, 0) is 35.0 Å². The molecule has 0 aliphatic heterocycles. The molecule has 17 heavy (non-hydrogen) atoms. The summed E-state index contributed by atoms with van der Waals surface area (Å²) in [6, 6.07) is 6.43. The van der Waals surface area contributed by atoms with Crippen LogP contribution in [0.3, 0.4) is 0 Å². The van der Waals surface area contributed by atoms with E-state index in [1.165, 1.54) is 23.5 Å². The first-order valence-electron chi connectivity index (χ1n) is 4.93. The molecule has 2 heterocycles. The molecule has 0 aliphatic rings. The maximum Gasteiger partial charge on any atom is 0.213 e. The molecule has 3 rings (SSSR count). The first kappa shape index (κ1) is 10.9. The zero-order valence-corrected chi connectivity index (χ0v) is 11.2. The van der Waals surface area contributed by atoms with Crippen molar-refractivity contribution in [2.75, 3.05) is 0 Å². The van der Waals surface area contributed by atoms with Gasteiger partial charge in [-0.25, -0.2) is 13.9 Å². The largest absolute Gasteiger partial charge is 0.217 e. The SMILES string of the molecule is Cc1c(-c2cccc(F)c2)nc2sc(Br)nn12. The second-order valence-electron chi connectivity index (χ2n) is 3.61. The number of fused-ring (bicyclic) bond motifs is 1. The molecule has 86 valence electrons. The van der Waals surface area contributed by atoms with Crippen molar-refractivity contribution in [3.8, 4) is 11.3 Å². The Balaban J connectivity index is 2.24. The smallest absolute Gasteiger partial charge is 0.213 e. The predicted molar refractivity (Wildman–Crippen MR) is 68.7 cm³/mol. The van der Waals surface area contributed by atoms with Gasteiger partial charge in [-0.2, -0.15) is 0 Å². The molecule has 6 heteroatoms. The molecule has 0 saturated heterocycles. The average Bonchev–Trinajstić information content (AvgIpc) is 2.78. The van der Waals surface area contributed by atoms with E-state index in [9.17, 15) is 4.39 Å². The number of rotatable bonds is 1. The van der Waals surface area contributed by atoms with Crippen LogP contribution in [0.1, 0.15) is 5.69 Å². The average molecular weight is 312 g/mol. The van der Waals surface area contributed by atoms with Gasteiger partial charge in [-0.15, -0.1) is 5.10 Å². The monoisotopic (exact) mass is 311 g/mol. The molecule has 1 aromatic carbocycles. The van der Waals surface area contributed by atoms with Crippen LogP contribution < -0.4 is 0 Å². The zero-order valence-electron chi connectivity index (χ0n) is 8.82. The molecule has 0 aliphatic carbocycles. The fourth-order valence-corrected chi connectivity index (χ4v) is 3.00. The quantitative estimate of drug-likeness (QED) is 0.686. The molecule has 0 atom stereocenters. The van der Waals surface area contributed by atoms with Crippen molar-refractivity contribution in [3.05, 3.63) is 39.7 Å². The van der Waals surface area contributed by atoms with E-state index in [1.54, 1.807) is 10.6 Å². The third kappa shape index (κ3) is 1.77. The number of aromatic nitrogens is 3. The van der Waals surface area contributed by atoms with Gasteiger partial charge in [0.1, 0.15) is 5.82 Å². The molecule has 0 N–H and O–H groups in total. The molecule has 0 fully saturated rings. The molecule has 0 unspecified atom stereocenters. The summed E-state index contributed by atoms with van der Waals surface area (Å²) >= 11 is 4.77. The molecule has 0 spiro atoms. The molecular weight excluding hydrogens is 305 g/mol. The van der Waals surface area contributed by atoms with Gasteiger partial charge in [0.05, 0.1) is 11.4 Å². The Morgan fingerprint density at radius 1 is 1.41 bits per heavy atom. The molecule has 2 aromatic heterocycles. The summed E-state index contributed by atoms with van der Waals surface area (Å²) in [4.78, 5) is 5.27. The second-order valence-corrected chi connectivity index (χ2v) is 5.84. The van der Waals surface area contributed by atoms with E-state index < -0.39 is 0 Å². The van der Waals surface area contributed by atoms with Crippen LogP contribution in [0.4, 0.5) is 4.39 Å². The van der Waals surface area contributed by atoms with Gasteiger partial charge in [-0.3, -0.25) is 0 Å². The van der Waals surface area contributed by atoms with Crippen molar-refractivity contribution in [1.29, 1.82) is 0 Å². The molecule has 0 bridgehead atoms. The Kier molecular flexibility index (Phi) is 2.48. The topological polar surface area (TPSA) is 30.2 Å². The van der Waals surface area contributed by atoms with E-state index in [2.05, 4.69) is 26.0 Å². The summed E-state index contributed by atoms with van der Waals surface area (Å²) < 4.78 is 15.7. The van der Waals surface area contributed by atoms with Crippen molar-refractivity contribution < 1.29 is 4.39 Å². The van der Waals surface area contributed by atoms with Crippen molar-refractivity contribution >= 4 is 32.2 Å². The van der Waals surface area contributed by atoms with Crippen molar-refractivity contribution in [2.24, 2.45) is 0 Å². The first-order chi connectivity index (χ1) is 8.15. The highest BCUT2D eigenvalue weighted by Gasteiger charge is 2.14. The predicted octanol–water partition coefficient (Wildman–Crippen LogP) is 3.67. The van der Waals surface area contributed by atoms with Crippen molar-refractivity contribution in [2.45, 2.75) is 6.92 Å². The lowest BCUT2D eigenvalue weighted by molar-refractivity contribution is 0.628. The van der Waals surface area contributed by atoms with Crippen LogP contribution in [0, 0.1) is 12.7 Å². The van der Waals surface area contributed by atoms with E-state index in [1.807, 2.05) is 13.0 Å². The van der Waals surface area contributed by atoms with Gasteiger partial charge in [0.25, 0.3) is 0 Å². The standard InChI is InChI=1S/C11H7BrFN3S/c1-6-9(7-3-2-4-8(13)5-7)14-11-16(6)15-10(12)17-11/h2-5H,1H3. The van der Waals surface area contributed by atoms with Gasteiger partial charge in [0.15, 0.2) is 3.92 Å². The van der Waals surface area contributed by atoms with E-state index in [-0.39, 0.29) is 5.82 Å². The van der Waals surface area contributed by atoms with Crippen LogP contribution in [0.2, 0.25) is 0 Å². The Morgan fingerprint density at radius 2 is 2.24 bits per heavy atom. The fourth-order valence-electron chi connectivity index (χ4n) is 1.74. The minimum absolute atomic E-state index is 0.257. The van der Waals surface area contributed by atoms with E-state index in [0.717, 1.165) is 25.8 Å². The lowest BCUT2D eigenvalue weighted by Crippen LogP contribution is -1.88. The highest BCUT2D eigenvalue weighted by Crippen LogP contribution is 2.28. The highest BCUT2D eigenvalue weighted by molar-refractivity contribution is 9.11. The molecule has 0 amide bonds. The van der Waals surface area contributed by atoms with Gasteiger partial charge in [0, 0.05) is 5.56 Å². The number of hydrogen-bond donors (Lipinski definition) is 0. The van der Waals surface area contributed by atoms with Crippen LogP contribution >= 0.6 is 27.3 Å². The summed E-state index contributed by atoms with van der Waals surface area (Å²) in [5.74, 6) is -0.257. The van der Waals surface area contributed by atoms with E-state index in [4.69, 9.17) is 0 Å². The van der Waals surface area contributed by atoms with Crippen LogP contribution in [0.15, 0.2) is 28.2 Å². The Morgan fingerprint density at radius 3 is 2.94 bits per heavy atom. The summed E-state index contributed by atoms with van der Waals surface area (Å²) in [6.45, 7) is 1.92. The van der Waals surface area contributed by atoms with Crippen LogP contribution in [0.5, 0.6) is 0 Å². The lowest BCUT2D eigenvalue weighted by atomic mass is 10.1. The number of benzene rings is 1. The van der Waals surface area contributed by atoms with E-state index >= 15 is 0 Å². The first-order valence-corrected chi connectivity index (χ1v) is 6.54.